The van der Waals surface area contributed by atoms with E-state index in [1.165, 1.54) is 7.11 Å². The maximum atomic E-state index is 12.4. The molecule has 5 heteroatoms. The van der Waals surface area contributed by atoms with Crippen molar-refractivity contribution in [3.8, 4) is 0 Å². The Morgan fingerprint density at radius 3 is 2.30 bits per heavy atom. The number of amides is 1. The minimum absolute atomic E-state index is 0.230. The zero-order valence-corrected chi connectivity index (χ0v) is 14.2. The highest BCUT2D eigenvalue weighted by Crippen LogP contribution is 2.21. The first-order valence-corrected chi connectivity index (χ1v) is 7.47. The summed E-state index contributed by atoms with van der Waals surface area (Å²) in [4.78, 5) is 24.6. The number of nitrogens with one attached hydrogen (secondary N) is 1. The van der Waals surface area contributed by atoms with Crippen LogP contribution in [0.1, 0.15) is 32.8 Å². The Hall–Kier alpha value is -2.30. The molecule has 0 radical (unpaired) electrons. The molecular weight excluding hydrogens is 294 g/mol. The summed E-state index contributed by atoms with van der Waals surface area (Å²) in [6, 6.07) is 9.41. The normalized spacial score (nSPS) is 13.6. The number of alkyl carbamates (subject to hydrolysis) is 1. The van der Waals surface area contributed by atoms with Gasteiger partial charge in [0.05, 0.1) is 7.11 Å². The molecule has 1 amide bonds. The van der Waals surface area contributed by atoms with E-state index in [-0.39, 0.29) is 12.8 Å². The molecule has 1 rings (SSSR count). The SMILES string of the molecule is C=CC[C@@](Cc1ccccc1)(NC(=O)OC(C)(C)C)C(=O)OC. The molecule has 126 valence electrons. The van der Waals surface area contributed by atoms with Crippen molar-refractivity contribution in [2.24, 2.45) is 0 Å². The number of benzene rings is 1. The molecule has 0 aliphatic rings. The first-order chi connectivity index (χ1) is 10.7. The van der Waals surface area contributed by atoms with Crippen molar-refractivity contribution < 1.29 is 19.1 Å². The smallest absolute Gasteiger partial charge is 0.408 e. The van der Waals surface area contributed by atoms with Gasteiger partial charge in [-0.1, -0.05) is 36.4 Å². The molecule has 0 saturated carbocycles. The number of methoxy groups -OCH3 is 1. The van der Waals surface area contributed by atoms with Crippen LogP contribution in [0.15, 0.2) is 43.0 Å². The molecule has 0 fully saturated rings. The first-order valence-electron chi connectivity index (χ1n) is 7.47. The van der Waals surface area contributed by atoms with Crippen LogP contribution < -0.4 is 5.32 Å². The summed E-state index contributed by atoms with van der Waals surface area (Å²) in [6.07, 6.45) is 1.43. The van der Waals surface area contributed by atoms with Gasteiger partial charge in [-0.15, -0.1) is 6.58 Å². The standard InChI is InChI=1S/C18H25NO4/c1-6-12-18(15(20)22-5,13-14-10-8-7-9-11-14)19-16(21)23-17(2,3)4/h6-11H,1,12-13H2,2-5H3,(H,19,21)/t18-/m0/s1. The Kier molecular flexibility index (Phi) is 6.37. The third-order valence-corrected chi connectivity index (χ3v) is 3.16. The van der Waals surface area contributed by atoms with Gasteiger partial charge in [-0.2, -0.15) is 0 Å². The molecule has 1 aromatic rings. The van der Waals surface area contributed by atoms with E-state index in [0.717, 1.165) is 5.56 Å². The second kappa shape index (κ2) is 7.81. The molecule has 0 aliphatic heterocycles. The van der Waals surface area contributed by atoms with Crippen molar-refractivity contribution in [3.63, 3.8) is 0 Å². The zero-order valence-electron chi connectivity index (χ0n) is 14.2. The zero-order chi connectivity index (χ0) is 17.5. The maximum Gasteiger partial charge on any atom is 0.408 e. The molecule has 0 aliphatic carbocycles. The second-order valence-corrected chi connectivity index (χ2v) is 6.36. The minimum Gasteiger partial charge on any atom is -0.467 e. The first kappa shape index (κ1) is 18.7. The second-order valence-electron chi connectivity index (χ2n) is 6.36. The molecule has 1 N–H and O–H groups in total. The fourth-order valence-corrected chi connectivity index (χ4v) is 2.26. The lowest BCUT2D eigenvalue weighted by atomic mass is 9.87. The van der Waals surface area contributed by atoms with Gasteiger partial charge in [0.1, 0.15) is 11.1 Å². The van der Waals surface area contributed by atoms with Crippen LogP contribution >= 0.6 is 0 Å². The summed E-state index contributed by atoms with van der Waals surface area (Å²) in [7, 11) is 1.29. The summed E-state index contributed by atoms with van der Waals surface area (Å²) in [6.45, 7) is 8.97. The van der Waals surface area contributed by atoms with E-state index in [4.69, 9.17) is 9.47 Å². The van der Waals surface area contributed by atoms with Crippen LogP contribution in [0, 0.1) is 0 Å². The van der Waals surface area contributed by atoms with Gasteiger partial charge in [-0.25, -0.2) is 9.59 Å². The Morgan fingerprint density at radius 1 is 1.22 bits per heavy atom. The lowest BCUT2D eigenvalue weighted by Crippen LogP contribution is -2.57. The predicted molar refractivity (Wildman–Crippen MR) is 89.1 cm³/mol. The number of hydrogen-bond acceptors (Lipinski definition) is 4. The van der Waals surface area contributed by atoms with Gasteiger partial charge in [0.2, 0.25) is 0 Å². The summed E-state index contributed by atoms with van der Waals surface area (Å²) in [5.74, 6) is -0.535. The molecule has 0 spiro atoms. The van der Waals surface area contributed by atoms with Crippen molar-refractivity contribution in [1.29, 1.82) is 0 Å². The number of esters is 1. The van der Waals surface area contributed by atoms with Crippen LogP contribution in [0.2, 0.25) is 0 Å². The number of rotatable bonds is 6. The number of hydrogen-bond donors (Lipinski definition) is 1. The van der Waals surface area contributed by atoms with Crippen molar-refractivity contribution >= 4 is 12.1 Å². The fourth-order valence-electron chi connectivity index (χ4n) is 2.26. The summed E-state index contributed by atoms with van der Waals surface area (Å²) in [5, 5.41) is 2.68. The van der Waals surface area contributed by atoms with Crippen LogP contribution in [0.3, 0.4) is 0 Å². The summed E-state index contributed by atoms with van der Waals surface area (Å²) >= 11 is 0. The lowest BCUT2D eigenvalue weighted by Gasteiger charge is -2.32. The van der Waals surface area contributed by atoms with E-state index >= 15 is 0 Å². The van der Waals surface area contributed by atoms with Gasteiger partial charge < -0.3 is 14.8 Å². The minimum atomic E-state index is -1.25. The lowest BCUT2D eigenvalue weighted by molar-refractivity contribution is -0.148. The summed E-state index contributed by atoms with van der Waals surface area (Å²) in [5.41, 5.74) is -1.01. The van der Waals surface area contributed by atoms with Gasteiger partial charge in [-0.3, -0.25) is 0 Å². The summed E-state index contributed by atoms with van der Waals surface area (Å²) < 4.78 is 10.2. The Labute approximate surface area is 137 Å². The molecular formula is C18H25NO4. The van der Waals surface area contributed by atoms with Gasteiger partial charge >= 0.3 is 12.1 Å². The average molecular weight is 319 g/mol. The van der Waals surface area contributed by atoms with Crippen LogP contribution in [0.25, 0.3) is 0 Å². The van der Waals surface area contributed by atoms with Crippen molar-refractivity contribution in [1.82, 2.24) is 5.32 Å². The monoisotopic (exact) mass is 319 g/mol. The van der Waals surface area contributed by atoms with E-state index in [1.54, 1.807) is 26.8 Å². The van der Waals surface area contributed by atoms with E-state index in [1.807, 2.05) is 30.3 Å². The number of carbonyl (C=O) groups excluding carboxylic acids is 2. The van der Waals surface area contributed by atoms with Gasteiger partial charge in [0.15, 0.2) is 0 Å². The topological polar surface area (TPSA) is 64.6 Å². The van der Waals surface area contributed by atoms with E-state index in [0.29, 0.717) is 0 Å². The van der Waals surface area contributed by atoms with E-state index in [9.17, 15) is 9.59 Å². The highest BCUT2D eigenvalue weighted by atomic mass is 16.6. The highest BCUT2D eigenvalue weighted by molar-refractivity contribution is 5.86. The molecule has 23 heavy (non-hydrogen) atoms. The molecule has 0 heterocycles. The van der Waals surface area contributed by atoms with Crippen molar-refractivity contribution in [2.75, 3.05) is 7.11 Å². The number of ether oxygens (including phenoxy) is 2. The maximum absolute atomic E-state index is 12.4. The quantitative estimate of drug-likeness (QED) is 0.646. The molecule has 1 atom stereocenters. The fraction of sp³-hybridized carbons (Fsp3) is 0.444. The molecule has 5 nitrogen and oxygen atoms in total. The highest BCUT2D eigenvalue weighted by Gasteiger charge is 2.41. The Bertz CT molecular complexity index is 548. The third kappa shape index (κ3) is 5.77. The van der Waals surface area contributed by atoms with Crippen molar-refractivity contribution in [2.45, 2.75) is 44.8 Å². The molecule has 0 bridgehead atoms. The van der Waals surface area contributed by atoms with Crippen LogP contribution in [-0.4, -0.2) is 30.3 Å². The van der Waals surface area contributed by atoms with Crippen LogP contribution in [0.4, 0.5) is 4.79 Å². The van der Waals surface area contributed by atoms with Crippen LogP contribution in [0.5, 0.6) is 0 Å². The third-order valence-electron chi connectivity index (χ3n) is 3.16. The van der Waals surface area contributed by atoms with Gasteiger partial charge in [0.25, 0.3) is 0 Å². The van der Waals surface area contributed by atoms with Gasteiger partial charge in [-0.05, 0) is 32.8 Å². The largest absolute Gasteiger partial charge is 0.467 e. The molecule has 1 aromatic carbocycles. The molecule has 0 saturated heterocycles. The van der Waals surface area contributed by atoms with Crippen LogP contribution in [-0.2, 0) is 20.7 Å². The predicted octanol–water partition coefficient (Wildman–Crippen LogP) is 3.24. The van der Waals surface area contributed by atoms with E-state index < -0.39 is 23.2 Å². The average Bonchev–Trinajstić information content (AvgIpc) is 2.45. The van der Waals surface area contributed by atoms with E-state index in [2.05, 4.69) is 11.9 Å². The number of carbonyl (C=O) groups is 2. The van der Waals surface area contributed by atoms with Crippen molar-refractivity contribution in [3.05, 3.63) is 48.6 Å². The Balaban J connectivity index is 3.10. The Morgan fingerprint density at radius 2 is 1.83 bits per heavy atom. The van der Waals surface area contributed by atoms with Gasteiger partial charge in [0, 0.05) is 6.42 Å². The molecule has 0 aromatic heterocycles. The molecule has 0 unspecified atom stereocenters.